The van der Waals surface area contributed by atoms with E-state index in [2.05, 4.69) is 78.9 Å². The second kappa shape index (κ2) is 9.23. The van der Waals surface area contributed by atoms with E-state index in [1.165, 1.54) is 15.5 Å². The number of hydrogen-bond donors (Lipinski definition) is 0. The number of thiophene rings is 1. The Morgan fingerprint density at radius 2 is 1.20 bits per heavy atom. The molecule has 8 aromatic rings. The Balaban J connectivity index is 1.46. The number of nitrogens with zero attached hydrogens (tertiary/aromatic N) is 3. The normalized spacial score (nSPS) is 11.6. The SMILES string of the molecule is Clc1ccc2c(c1)sc1c3ccccc3cc(-c3nc(-c4ccccc4)nc(-c4ccc5ccccc5c4)n3)c21. The molecule has 0 N–H and O–H groups in total. The third kappa shape index (κ3) is 3.84. The Bertz CT molecular complexity index is 2240. The van der Waals surface area contributed by atoms with Crippen molar-refractivity contribution in [3.8, 4) is 34.2 Å². The van der Waals surface area contributed by atoms with Crippen molar-refractivity contribution in [2.45, 2.75) is 0 Å². The summed E-state index contributed by atoms with van der Waals surface area (Å²) in [4.78, 5) is 15.2. The zero-order chi connectivity index (χ0) is 26.6. The number of hydrogen-bond acceptors (Lipinski definition) is 4. The molecule has 0 unspecified atom stereocenters. The summed E-state index contributed by atoms with van der Waals surface area (Å²) in [5.74, 6) is 1.96. The summed E-state index contributed by atoms with van der Waals surface area (Å²) in [6.45, 7) is 0. The Morgan fingerprint density at radius 1 is 0.500 bits per heavy atom. The lowest BCUT2D eigenvalue weighted by molar-refractivity contribution is 1.08. The van der Waals surface area contributed by atoms with Crippen molar-refractivity contribution >= 4 is 64.7 Å². The van der Waals surface area contributed by atoms with Crippen LogP contribution in [-0.2, 0) is 0 Å². The first-order valence-electron chi connectivity index (χ1n) is 13.1. The van der Waals surface area contributed by atoms with E-state index in [1.54, 1.807) is 11.3 Å². The largest absolute Gasteiger partial charge is 0.208 e. The van der Waals surface area contributed by atoms with Crippen molar-refractivity contribution in [3.05, 3.63) is 126 Å². The highest BCUT2D eigenvalue weighted by molar-refractivity contribution is 7.26. The number of aromatic nitrogens is 3. The number of fused-ring (bicyclic) bond motifs is 6. The molecule has 0 saturated heterocycles. The Hall–Kier alpha value is -4.64. The van der Waals surface area contributed by atoms with Crippen LogP contribution in [0.25, 0.3) is 75.9 Å². The summed E-state index contributed by atoms with van der Waals surface area (Å²) in [5.41, 5.74) is 2.90. The maximum Gasteiger partial charge on any atom is 0.164 e. The first-order valence-corrected chi connectivity index (χ1v) is 14.3. The molecule has 3 nitrogen and oxygen atoms in total. The van der Waals surface area contributed by atoms with Crippen molar-refractivity contribution in [1.29, 1.82) is 0 Å². The Kier molecular flexibility index (Phi) is 5.37. The second-order valence-electron chi connectivity index (χ2n) is 9.83. The number of rotatable bonds is 3. The molecule has 6 aromatic carbocycles. The summed E-state index contributed by atoms with van der Waals surface area (Å²) >= 11 is 8.17. The fourth-order valence-corrected chi connectivity index (χ4v) is 6.97. The fraction of sp³-hybridized carbons (Fsp3) is 0. The molecule has 0 aliphatic carbocycles. The van der Waals surface area contributed by atoms with Crippen molar-refractivity contribution in [2.75, 3.05) is 0 Å². The maximum absolute atomic E-state index is 6.41. The third-order valence-corrected chi connectivity index (χ3v) is 8.76. The van der Waals surface area contributed by atoms with Gasteiger partial charge in [0.25, 0.3) is 0 Å². The van der Waals surface area contributed by atoms with Crippen LogP contribution in [-0.4, -0.2) is 15.0 Å². The van der Waals surface area contributed by atoms with E-state index in [0.29, 0.717) is 17.5 Å². The van der Waals surface area contributed by atoms with E-state index in [4.69, 9.17) is 26.6 Å². The highest BCUT2D eigenvalue weighted by Crippen LogP contribution is 2.44. The van der Waals surface area contributed by atoms with Crippen LogP contribution in [0.4, 0.5) is 0 Å². The third-order valence-electron chi connectivity index (χ3n) is 7.34. The molecule has 0 aliphatic heterocycles. The van der Waals surface area contributed by atoms with Crippen LogP contribution in [0.2, 0.25) is 5.02 Å². The molecule has 188 valence electrons. The van der Waals surface area contributed by atoms with Gasteiger partial charge in [0.1, 0.15) is 0 Å². The van der Waals surface area contributed by atoms with E-state index < -0.39 is 0 Å². The van der Waals surface area contributed by atoms with E-state index in [0.717, 1.165) is 48.0 Å². The predicted molar refractivity (Wildman–Crippen MR) is 169 cm³/mol. The smallest absolute Gasteiger partial charge is 0.164 e. The summed E-state index contributed by atoms with van der Waals surface area (Å²) in [7, 11) is 0. The second-order valence-corrected chi connectivity index (χ2v) is 11.3. The van der Waals surface area contributed by atoms with Gasteiger partial charge in [-0.1, -0.05) is 109 Å². The highest BCUT2D eigenvalue weighted by atomic mass is 35.5. The molecule has 5 heteroatoms. The molecule has 8 rings (SSSR count). The first-order chi connectivity index (χ1) is 19.7. The van der Waals surface area contributed by atoms with Crippen molar-refractivity contribution < 1.29 is 0 Å². The maximum atomic E-state index is 6.41. The summed E-state index contributed by atoms with van der Waals surface area (Å²) < 4.78 is 2.35. The lowest BCUT2D eigenvalue weighted by Gasteiger charge is -2.11. The summed E-state index contributed by atoms with van der Waals surface area (Å²) in [6.07, 6.45) is 0. The predicted octanol–water partition coefficient (Wildman–Crippen LogP) is 10.2. The molecule has 0 radical (unpaired) electrons. The lowest BCUT2D eigenvalue weighted by atomic mass is 9.99. The van der Waals surface area contributed by atoms with Crippen molar-refractivity contribution in [3.63, 3.8) is 0 Å². The molecule has 0 aliphatic rings. The topological polar surface area (TPSA) is 38.7 Å². The average molecular weight is 550 g/mol. The molecule has 0 spiro atoms. The molecule has 0 saturated carbocycles. The minimum absolute atomic E-state index is 0.651. The highest BCUT2D eigenvalue weighted by Gasteiger charge is 2.19. The molecule has 40 heavy (non-hydrogen) atoms. The minimum atomic E-state index is 0.651. The average Bonchev–Trinajstić information content (AvgIpc) is 3.39. The van der Waals surface area contributed by atoms with E-state index in [9.17, 15) is 0 Å². The van der Waals surface area contributed by atoms with Gasteiger partial charge in [-0.3, -0.25) is 0 Å². The monoisotopic (exact) mass is 549 g/mol. The molecular formula is C35H20ClN3S. The Morgan fingerprint density at radius 3 is 2.05 bits per heavy atom. The quantitative estimate of drug-likeness (QED) is 0.220. The van der Waals surface area contributed by atoms with Crippen LogP contribution in [0, 0.1) is 0 Å². The summed E-state index contributed by atoms with van der Waals surface area (Å²) in [6, 6.07) is 41.7. The van der Waals surface area contributed by atoms with Gasteiger partial charge in [-0.25, -0.2) is 15.0 Å². The lowest BCUT2D eigenvalue weighted by Crippen LogP contribution is -2.00. The standard InChI is InChI=1S/C35H20ClN3S/c36-26-16-17-28-30(20-26)40-32-27-13-7-6-12-24(27)19-29(31(28)32)35-38-33(22-9-2-1-3-10-22)37-34(39-35)25-15-14-21-8-4-5-11-23(21)18-25/h1-20H. The molecule has 2 heterocycles. The van der Waals surface area contributed by atoms with Crippen LogP contribution in [0.5, 0.6) is 0 Å². The molecule has 0 atom stereocenters. The van der Waals surface area contributed by atoms with Crippen LogP contribution in [0.3, 0.4) is 0 Å². The van der Waals surface area contributed by atoms with Crippen LogP contribution in [0.1, 0.15) is 0 Å². The zero-order valence-corrected chi connectivity index (χ0v) is 22.7. The fourth-order valence-electron chi connectivity index (χ4n) is 5.43. The van der Waals surface area contributed by atoms with Gasteiger partial charge in [0, 0.05) is 41.9 Å². The van der Waals surface area contributed by atoms with Crippen LogP contribution >= 0.6 is 22.9 Å². The van der Waals surface area contributed by atoms with Gasteiger partial charge in [-0.15, -0.1) is 11.3 Å². The van der Waals surface area contributed by atoms with Crippen molar-refractivity contribution in [1.82, 2.24) is 15.0 Å². The van der Waals surface area contributed by atoms with Crippen molar-refractivity contribution in [2.24, 2.45) is 0 Å². The molecule has 0 amide bonds. The van der Waals surface area contributed by atoms with Gasteiger partial charge >= 0.3 is 0 Å². The van der Waals surface area contributed by atoms with Gasteiger partial charge in [-0.05, 0) is 45.8 Å². The first kappa shape index (κ1) is 23.3. The zero-order valence-electron chi connectivity index (χ0n) is 21.2. The number of benzene rings is 6. The van der Waals surface area contributed by atoms with E-state index in [1.807, 2.05) is 42.5 Å². The van der Waals surface area contributed by atoms with E-state index >= 15 is 0 Å². The summed E-state index contributed by atoms with van der Waals surface area (Å²) in [5, 5.41) is 7.72. The molecule has 2 aromatic heterocycles. The van der Waals surface area contributed by atoms with Gasteiger partial charge < -0.3 is 0 Å². The number of halogens is 1. The molecular weight excluding hydrogens is 530 g/mol. The Labute approximate surface area is 239 Å². The minimum Gasteiger partial charge on any atom is -0.208 e. The van der Waals surface area contributed by atoms with E-state index in [-0.39, 0.29) is 0 Å². The van der Waals surface area contributed by atoms with Crippen LogP contribution in [0.15, 0.2) is 121 Å². The van der Waals surface area contributed by atoms with Gasteiger partial charge in [-0.2, -0.15) is 0 Å². The van der Waals surface area contributed by atoms with Gasteiger partial charge in [0.2, 0.25) is 0 Å². The molecule has 0 fully saturated rings. The van der Waals surface area contributed by atoms with Gasteiger partial charge in [0.05, 0.1) is 0 Å². The van der Waals surface area contributed by atoms with Gasteiger partial charge in [0.15, 0.2) is 17.5 Å². The molecule has 0 bridgehead atoms. The van der Waals surface area contributed by atoms with Crippen LogP contribution < -0.4 is 0 Å².